The number of hydrogen-bond donors (Lipinski definition) is 1. The van der Waals surface area contributed by atoms with E-state index in [0.29, 0.717) is 0 Å². The molecule has 1 heterocycles. The predicted octanol–water partition coefficient (Wildman–Crippen LogP) is 2.92. The minimum atomic E-state index is 0.0413. The zero-order valence-electron chi connectivity index (χ0n) is 10.3. The Balaban J connectivity index is 1.68. The van der Waals surface area contributed by atoms with E-state index in [-0.39, 0.29) is 5.91 Å². The van der Waals surface area contributed by atoms with Crippen LogP contribution in [0.4, 0.5) is 0 Å². The Kier molecular flexibility index (Phi) is 5.09. The lowest BCUT2D eigenvalue weighted by Crippen LogP contribution is -2.26. The maximum absolute atomic E-state index is 11.8. The first kappa shape index (κ1) is 13.0. The largest absolute Gasteiger partial charge is 0.352 e. The first-order chi connectivity index (χ1) is 8.86. The molecule has 1 amide bonds. The highest BCUT2D eigenvalue weighted by Crippen LogP contribution is 2.13. The van der Waals surface area contributed by atoms with Crippen LogP contribution < -0.4 is 5.32 Å². The van der Waals surface area contributed by atoms with Crippen LogP contribution in [-0.4, -0.2) is 18.2 Å². The van der Waals surface area contributed by atoms with Crippen molar-refractivity contribution in [3.8, 4) is 0 Å². The molecule has 0 saturated carbocycles. The van der Waals surface area contributed by atoms with Crippen molar-refractivity contribution in [1.82, 2.24) is 5.32 Å². The molecule has 0 radical (unpaired) electrons. The Morgan fingerprint density at radius 3 is 2.83 bits per heavy atom. The monoisotopic (exact) mass is 259 g/mol. The number of thioether (sulfide) groups is 1. The summed E-state index contributed by atoms with van der Waals surface area (Å²) in [4.78, 5) is 11.8. The lowest BCUT2D eigenvalue weighted by Gasteiger charge is -2.08. The smallest absolute Gasteiger partial charge is 0.251 e. The van der Waals surface area contributed by atoms with E-state index in [9.17, 15) is 4.79 Å². The fraction of sp³-hybridized carbons (Fsp3) is 0.267. The quantitative estimate of drug-likeness (QED) is 0.824. The summed E-state index contributed by atoms with van der Waals surface area (Å²) >= 11 is 1.70. The van der Waals surface area contributed by atoms with E-state index in [1.54, 1.807) is 11.8 Å². The number of hydrogen-bond acceptors (Lipinski definition) is 2. The number of carbonyl (C=O) groups excluding carboxylic acids is 1. The number of benzene rings is 1. The van der Waals surface area contributed by atoms with Crippen LogP contribution in [0.1, 0.15) is 12.0 Å². The fourth-order valence-corrected chi connectivity index (χ4v) is 2.42. The summed E-state index contributed by atoms with van der Waals surface area (Å²) in [7, 11) is 0. The third-order valence-corrected chi connectivity index (χ3v) is 3.46. The van der Waals surface area contributed by atoms with Gasteiger partial charge >= 0.3 is 0 Å². The number of nitrogens with one attached hydrogen (secondary N) is 1. The maximum Gasteiger partial charge on any atom is 0.251 e. The van der Waals surface area contributed by atoms with Gasteiger partial charge in [0.05, 0.1) is 0 Å². The van der Waals surface area contributed by atoms with Gasteiger partial charge < -0.3 is 5.32 Å². The van der Waals surface area contributed by atoms with Crippen LogP contribution in [0.5, 0.6) is 0 Å². The summed E-state index contributed by atoms with van der Waals surface area (Å²) in [5.74, 6) is 0.933. The van der Waals surface area contributed by atoms with Crippen LogP contribution in [0, 0.1) is 0 Å². The summed E-state index contributed by atoms with van der Waals surface area (Å²) in [5.41, 5.74) is 2.10. The van der Waals surface area contributed by atoms with Crippen LogP contribution in [-0.2, 0) is 11.2 Å². The van der Waals surface area contributed by atoms with Crippen molar-refractivity contribution in [2.24, 2.45) is 0 Å². The van der Waals surface area contributed by atoms with Crippen LogP contribution in [0.25, 0.3) is 0 Å². The predicted molar refractivity (Wildman–Crippen MR) is 77.5 cm³/mol. The molecule has 0 aromatic heterocycles. The van der Waals surface area contributed by atoms with Crippen LogP contribution >= 0.6 is 11.8 Å². The van der Waals surface area contributed by atoms with E-state index in [1.165, 1.54) is 5.56 Å². The van der Waals surface area contributed by atoms with Gasteiger partial charge in [0.1, 0.15) is 0 Å². The minimum absolute atomic E-state index is 0.0413. The molecule has 2 nitrogen and oxygen atoms in total. The molecule has 0 atom stereocenters. The van der Waals surface area contributed by atoms with E-state index in [4.69, 9.17) is 0 Å². The van der Waals surface area contributed by atoms with E-state index in [2.05, 4.69) is 17.4 Å². The van der Waals surface area contributed by atoms with Crippen molar-refractivity contribution in [2.45, 2.75) is 12.8 Å². The third kappa shape index (κ3) is 4.08. The Labute approximate surface area is 112 Å². The molecule has 1 aliphatic rings. The Hall–Kier alpha value is -1.48. The van der Waals surface area contributed by atoms with Crippen molar-refractivity contribution in [3.05, 3.63) is 59.0 Å². The second-order valence-corrected chi connectivity index (χ2v) is 5.08. The molecule has 1 aromatic carbocycles. The van der Waals surface area contributed by atoms with Gasteiger partial charge in [-0.15, -0.1) is 11.8 Å². The van der Waals surface area contributed by atoms with Gasteiger partial charge in [0.15, 0.2) is 0 Å². The number of carbonyl (C=O) groups is 1. The van der Waals surface area contributed by atoms with Crippen molar-refractivity contribution in [1.29, 1.82) is 0 Å². The average Bonchev–Trinajstić information content (AvgIpc) is 2.45. The number of amides is 1. The molecule has 0 bridgehead atoms. The summed E-state index contributed by atoms with van der Waals surface area (Å²) in [6, 6.07) is 10.3. The van der Waals surface area contributed by atoms with Crippen LogP contribution in [0.15, 0.2) is 53.5 Å². The van der Waals surface area contributed by atoms with Crippen molar-refractivity contribution in [2.75, 3.05) is 12.3 Å². The Bertz CT molecular complexity index is 451. The summed E-state index contributed by atoms with van der Waals surface area (Å²) in [6.07, 6.45) is 5.82. The minimum Gasteiger partial charge on any atom is -0.352 e. The van der Waals surface area contributed by atoms with E-state index in [0.717, 1.165) is 30.7 Å². The number of rotatable bonds is 5. The second-order valence-electron chi connectivity index (χ2n) is 4.14. The molecule has 1 N–H and O–H groups in total. The van der Waals surface area contributed by atoms with Gasteiger partial charge in [-0.05, 0) is 29.9 Å². The zero-order chi connectivity index (χ0) is 12.6. The van der Waals surface area contributed by atoms with Crippen LogP contribution in [0.3, 0.4) is 0 Å². The lowest BCUT2D eigenvalue weighted by atomic mass is 10.1. The summed E-state index contributed by atoms with van der Waals surface area (Å²) in [5, 5.41) is 4.93. The van der Waals surface area contributed by atoms with E-state index in [1.807, 2.05) is 35.8 Å². The highest BCUT2D eigenvalue weighted by Gasteiger charge is 2.07. The zero-order valence-corrected chi connectivity index (χ0v) is 11.1. The topological polar surface area (TPSA) is 29.1 Å². The molecule has 94 valence electrons. The lowest BCUT2D eigenvalue weighted by molar-refractivity contribution is -0.117. The van der Waals surface area contributed by atoms with E-state index >= 15 is 0 Å². The van der Waals surface area contributed by atoms with Gasteiger partial charge in [-0.25, -0.2) is 0 Å². The van der Waals surface area contributed by atoms with Gasteiger partial charge in [-0.3, -0.25) is 4.79 Å². The third-order valence-electron chi connectivity index (χ3n) is 2.78. The summed E-state index contributed by atoms with van der Waals surface area (Å²) in [6.45, 7) is 0.728. The standard InChI is InChI=1S/C15H17NOS/c17-15(14-8-11-18-12-9-14)16-10-4-7-13-5-2-1-3-6-13/h1-3,5-6,8-9,11H,4,7,10,12H2,(H,16,17). The first-order valence-electron chi connectivity index (χ1n) is 6.17. The molecule has 0 spiro atoms. The average molecular weight is 259 g/mol. The summed E-state index contributed by atoms with van der Waals surface area (Å²) < 4.78 is 0. The Morgan fingerprint density at radius 2 is 2.11 bits per heavy atom. The fourth-order valence-electron chi connectivity index (χ4n) is 1.79. The SMILES string of the molecule is O=C(NCCCc1ccccc1)C1=CCSC=C1. The molecule has 1 aromatic rings. The maximum atomic E-state index is 11.8. The molecule has 0 fully saturated rings. The number of aryl methyl sites for hydroxylation is 1. The highest BCUT2D eigenvalue weighted by molar-refractivity contribution is 8.02. The van der Waals surface area contributed by atoms with Gasteiger partial charge in [0.25, 0.3) is 5.91 Å². The van der Waals surface area contributed by atoms with Crippen molar-refractivity contribution < 1.29 is 4.79 Å². The molecule has 0 unspecified atom stereocenters. The second kappa shape index (κ2) is 7.07. The molecular formula is C15H17NOS. The molecular weight excluding hydrogens is 242 g/mol. The van der Waals surface area contributed by atoms with Gasteiger partial charge in [0, 0.05) is 17.9 Å². The van der Waals surface area contributed by atoms with Gasteiger partial charge in [-0.2, -0.15) is 0 Å². The van der Waals surface area contributed by atoms with Crippen molar-refractivity contribution in [3.63, 3.8) is 0 Å². The van der Waals surface area contributed by atoms with E-state index < -0.39 is 0 Å². The highest BCUT2D eigenvalue weighted by atomic mass is 32.2. The van der Waals surface area contributed by atoms with Gasteiger partial charge in [0.2, 0.25) is 0 Å². The molecule has 2 rings (SSSR count). The van der Waals surface area contributed by atoms with Crippen LogP contribution in [0.2, 0.25) is 0 Å². The molecule has 0 aliphatic carbocycles. The molecule has 0 saturated heterocycles. The van der Waals surface area contributed by atoms with Gasteiger partial charge in [-0.1, -0.05) is 36.4 Å². The molecule has 18 heavy (non-hydrogen) atoms. The normalized spacial score (nSPS) is 14.1. The molecule has 1 aliphatic heterocycles. The Morgan fingerprint density at radius 1 is 1.28 bits per heavy atom. The molecule has 3 heteroatoms. The first-order valence-corrected chi connectivity index (χ1v) is 7.21. The van der Waals surface area contributed by atoms with Crippen molar-refractivity contribution >= 4 is 17.7 Å².